The molecule has 0 spiro atoms. The molecule has 0 unspecified atom stereocenters. The zero-order valence-electron chi connectivity index (χ0n) is 9.11. The van der Waals surface area contributed by atoms with Crippen molar-refractivity contribution in [2.45, 2.75) is 6.92 Å². The van der Waals surface area contributed by atoms with Gasteiger partial charge in [0.05, 0.1) is 6.61 Å². The van der Waals surface area contributed by atoms with Crippen LogP contribution in [0.1, 0.15) is 12.5 Å². The quantitative estimate of drug-likeness (QED) is 0.640. The Morgan fingerprint density at radius 2 is 2.18 bits per heavy atom. The lowest BCUT2D eigenvalue weighted by atomic mass is 10.1. The number of halogens is 2. The lowest BCUT2D eigenvalue weighted by molar-refractivity contribution is -0.135. The number of hydrogen-bond acceptors (Lipinski definition) is 4. The maximum absolute atomic E-state index is 13.4. The molecule has 0 heterocycles. The highest BCUT2D eigenvalue weighted by molar-refractivity contribution is 6.43. The molecule has 1 aromatic carbocycles. The Balaban J connectivity index is 3.20. The molecule has 4 nitrogen and oxygen atoms in total. The van der Waals surface area contributed by atoms with Gasteiger partial charge in [-0.2, -0.15) is 0 Å². The van der Waals surface area contributed by atoms with Crippen molar-refractivity contribution in [1.29, 1.82) is 0 Å². The van der Waals surface area contributed by atoms with Gasteiger partial charge in [-0.1, -0.05) is 6.07 Å². The van der Waals surface area contributed by atoms with E-state index >= 15 is 0 Å². The first-order chi connectivity index (χ1) is 8.11. The highest BCUT2D eigenvalue weighted by Crippen LogP contribution is 2.13. The first-order valence-corrected chi connectivity index (χ1v) is 4.88. The molecule has 0 atom stereocenters. The van der Waals surface area contributed by atoms with Crippen LogP contribution in [0.2, 0.25) is 0 Å². The van der Waals surface area contributed by atoms with Crippen LogP contribution >= 0.6 is 0 Å². The van der Waals surface area contributed by atoms with E-state index in [1.54, 1.807) is 6.92 Å². The van der Waals surface area contributed by atoms with Crippen molar-refractivity contribution in [1.82, 2.24) is 0 Å². The third-order valence-electron chi connectivity index (χ3n) is 1.90. The molecule has 0 fully saturated rings. The van der Waals surface area contributed by atoms with Crippen molar-refractivity contribution in [3.05, 3.63) is 35.4 Å². The van der Waals surface area contributed by atoms with E-state index in [1.807, 2.05) is 0 Å². The fraction of sp³-hybridized carbons (Fsp3) is 0.273. The Morgan fingerprint density at radius 3 is 2.76 bits per heavy atom. The fourth-order valence-electron chi connectivity index (χ4n) is 1.22. The number of hydrogen-bond donors (Lipinski definition) is 1. The normalized spacial score (nSPS) is 11.4. The van der Waals surface area contributed by atoms with Crippen LogP contribution in [-0.2, 0) is 9.53 Å². The van der Waals surface area contributed by atoms with Crippen molar-refractivity contribution in [2.24, 2.45) is 4.99 Å². The van der Waals surface area contributed by atoms with Crippen molar-refractivity contribution in [3.8, 4) is 0 Å². The molecule has 0 aliphatic carbocycles. The maximum atomic E-state index is 13.4. The standard InChI is InChI=1S/C11H11F2NO3/c1-2-17-11(16)10(14-6-15)7-4-3-5-8(12)9(7)13/h3-5,15H,2,6H2,1H3/b14-10-. The molecule has 0 aliphatic heterocycles. The van der Waals surface area contributed by atoms with E-state index in [4.69, 9.17) is 5.11 Å². The molecule has 0 aliphatic rings. The number of carbonyl (C=O) groups is 1. The van der Waals surface area contributed by atoms with Gasteiger partial charge in [0.15, 0.2) is 17.3 Å². The number of rotatable bonds is 4. The summed E-state index contributed by atoms with van der Waals surface area (Å²) in [5, 5.41) is 8.66. The van der Waals surface area contributed by atoms with Gasteiger partial charge in [-0.05, 0) is 19.1 Å². The number of carbonyl (C=O) groups excluding carboxylic acids is 1. The Morgan fingerprint density at radius 1 is 1.47 bits per heavy atom. The van der Waals surface area contributed by atoms with Crippen molar-refractivity contribution < 1.29 is 23.4 Å². The second-order valence-electron chi connectivity index (χ2n) is 2.97. The zero-order valence-corrected chi connectivity index (χ0v) is 9.11. The number of ether oxygens (including phenoxy) is 1. The third-order valence-corrected chi connectivity index (χ3v) is 1.90. The Hall–Kier alpha value is -1.82. The van der Waals surface area contributed by atoms with Gasteiger partial charge in [0.1, 0.15) is 6.73 Å². The Labute approximate surface area is 96.6 Å². The molecule has 0 saturated carbocycles. The molecule has 0 amide bonds. The van der Waals surface area contributed by atoms with E-state index in [2.05, 4.69) is 9.73 Å². The van der Waals surface area contributed by atoms with Crippen molar-refractivity contribution in [2.75, 3.05) is 13.3 Å². The van der Waals surface area contributed by atoms with Gasteiger partial charge < -0.3 is 9.84 Å². The summed E-state index contributed by atoms with van der Waals surface area (Å²) in [4.78, 5) is 14.8. The predicted octanol–water partition coefficient (Wildman–Crippen LogP) is 1.27. The van der Waals surface area contributed by atoms with Gasteiger partial charge in [0.25, 0.3) is 0 Å². The molecule has 92 valence electrons. The van der Waals surface area contributed by atoms with E-state index in [9.17, 15) is 13.6 Å². The number of esters is 1. The number of aliphatic hydroxyl groups is 1. The zero-order chi connectivity index (χ0) is 12.8. The minimum absolute atomic E-state index is 0.0697. The van der Waals surface area contributed by atoms with Crippen LogP contribution in [-0.4, -0.2) is 30.1 Å². The highest BCUT2D eigenvalue weighted by Gasteiger charge is 2.20. The summed E-state index contributed by atoms with van der Waals surface area (Å²) in [5.41, 5.74) is -0.774. The van der Waals surface area contributed by atoms with Gasteiger partial charge in [-0.3, -0.25) is 0 Å². The second-order valence-corrected chi connectivity index (χ2v) is 2.97. The molecule has 6 heteroatoms. The van der Waals surface area contributed by atoms with Gasteiger partial charge in [0.2, 0.25) is 0 Å². The summed E-state index contributed by atoms with van der Waals surface area (Å²) >= 11 is 0. The van der Waals surface area contributed by atoms with E-state index in [0.29, 0.717) is 0 Å². The van der Waals surface area contributed by atoms with Crippen molar-refractivity contribution in [3.63, 3.8) is 0 Å². The molecule has 1 N–H and O–H groups in total. The van der Waals surface area contributed by atoms with Gasteiger partial charge in [-0.25, -0.2) is 18.6 Å². The molecular formula is C11H11F2NO3. The monoisotopic (exact) mass is 243 g/mol. The molecule has 0 saturated heterocycles. The van der Waals surface area contributed by atoms with Crippen LogP contribution in [0.5, 0.6) is 0 Å². The molecular weight excluding hydrogens is 232 g/mol. The van der Waals surface area contributed by atoms with E-state index in [1.165, 1.54) is 12.1 Å². The van der Waals surface area contributed by atoms with Crippen LogP contribution in [0.3, 0.4) is 0 Å². The lowest BCUT2D eigenvalue weighted by Crippen LogP contribution is -2.21. The number of benzene rings is 1. The van der Waals surface area contributed by atoms with Crippen LogP contribution in [0, 0.1) is 11.6 Å². The van der Waals surface area contributed by atoms with Crippen LogP contribution in [0.25, 0.3) is 0 Å². The molecule has 0 aromatic heterocycles. The number of aliphatic hydroxyl groups excluding tert-OH is 1. The van der Waals surface area contributed by atoms with Crippen LogP contribution in [0.4, 0.5) is 8.78 Å². The fourth-order valence-corrected chi connectivity index (χ4v) is 1.22. The van der Waals surface area contributed by atoms with Gasteiger partial charge in [-0.15, -0.1) is 0 Å². The average molecular weight is 243 g/mol. The minimum Gasteiger partial charge on any atom is -0.461 e. The van der Waals surface area contributed by atoms with Crippen LogP contribution < -0.4 is 0 Å². The summed E-state index contributed by atoms with van der Waals surface area (Å²) in [6.45, 7) is 0.917. The molecule has 1 aromatic rings. The second kappa shape index (κ2) is 6.05. The Bertz CT molecular complexity index is 446. The first kappa shape index (κ1) is 13.2. The molecule has 17 heavy (non-hydrogen) atoms. The predicted molar refractivity (Wildman–Crippen MR) is 56.6 cm³/mol. The van der Waals surface area contributed by atoms with E-state index < -0.39 is 30.0 Å². The highest BCUT2D eigenvalue weighted by atomic mass is 19.2. The SMILES string of the molecule is CCOC(=O)/C(=N\CO)c1cccc(F)c1F. The van der Waals surface area contributed by atoms with Gasteiger partial charge >= 0.3 is 5.97 Å². The van der Waals surface area contributed by atoms with Crippen molar-refractivity contribution >= 4 is 11.7 Å². The maximum Gasteiger partial charge on any atom is 0.357 e. The minimum atomic E-state index is -1.20. The smallest absolute Gasteiger partial charge is 0.357 e. The largest absolute Gasteiger partial charge is 0.461 e. The number of nitrogens with zero attached hydrogens (tertiary/aromatic N) is 1. The summed E-state index contributed by atoms with van der Waals surface area (Å²) in [6.07, 6.45) is 0. The molecule has 0 bridgehead atoms. The van der Waals surface area contributed by atoms with E-state index in [0.717, 1.165) is 6.07 Å². The van der Waals surface area contributed by atoms with E-state index in [-0.39, 0.29) is 12.2 Å². The Kier molecular flexibility index (Phi) is 4.71. The summed E-state index contributed by atoms with van der Waals surface area (Å²) in [7, 11) is 0. The lowest BCUT2D eigenvalue weighted by Gasteiger charge is -2.07. The van der Waals surface area contributed by atoms with Gasteiger partial charge in [0, 0.05) is 5.56 Å². The third kappa shape index (κ3) is 3.07. The average Bonchev–Trinajstić information content (AvgIpc) is 2.30. The summed E-state index contributed by atoms with van der Waals surface area (Å²) in [6, 6.07) is 3.34. The summed E-state index contributed by atoms with van der Waals surface area (Å²) < 4.78 is 31.1. The molecule has 1 rings (SSSR count). The summed E-state index contributed by atoms with van der Waals surface area (Å²) in [5.74, 6) is -3.21. The van der Waals surface area contributed by atoms with Crippen LogP contribution in [0.15, 0.2) is 23.2 Å². The topological polar surface area (TPSA) is 58.9 Å². The number of aliphatic imine (C=N–C) groups is 1. The first-order valence-electron chi connectivity index (χ1n) is 4.88. The molecule has 0 radical (unpaired) electrons.